The average molecular weight is 421 g/mol. The Hall–Kier alpha value is -3.12. The molecule has 0 aliphatic carbocycles. The van der Waals surface area contributed by atoms with Crippen molar-refractivity contribution < 1.29 is 13.9 Å². The Morgan fingerprint density at radius 1 is 1.10 bits per heavy atom. The summed E-state index contributed by atoms with van der Waals surface area (Å²) in [7, 11) is 0. The third-order valence-corrected chi connectivity index (χ3v) is 5.83. The van der Waals surface area contributed by atoms with Gasteiger partial charge in [-0.2, -0.15) is 0 Å². The minimum Gasteiger partial charge on any atom is -0.489 e. The molecule has 6 heteroatoms. The highest BCUT2D eigenvalue weighted by atomic mass is 32.1. The maximum atomic E-state index is 12.8. The highest BCUT2D eigenvalue weighted by molar-refractivity contribution is 7.09. The van der Waals surface area contributed by atoms with E-state index in [1.54, 1.807) is 11.3 Å². The number of fused-ring (bicyclic) bond motifs is 1. The van der Waals surface area contributed by atoms with Crippen LogP contribution in [0.15, 0.2) is 64.4 Å². The molecule has 0 saturated heterocycles. The number of carbonyl (C=O) groups is 1. The second-order valence-corrected chi connectivity index (χ2v) is 8.05. The van der Waals surface area contributed by atoms with E-state index >= 15 is 0 Å². The van der Waals surface area contributed by atoms with Crippen LogP contribution in [0.2, 0.25) is 0 Å². The molecule has 2 aromatic carbocycles. The van der Waals surface area contributed by atoms with Gasteiger partial charge in [-0.3, -0.25) is 4.79 Å². The van der Waals surface area contributed by atoms with Gasteiger partial charge in [0, 0.05) is 28.6 Å². The van der Waals surface area contributed by atoms with E-state index in [9.17, 15) is 4.79 Å². The molecule has 2 heterocycles. The minimum absolute atomic E-state index is 0.206. The van der Waals surface area contributed by atoms with Crippen LogP contribution in [0.4, 0.5) is 0 Å². The number of carbonyl (C=O) groups excluding carboxylic acids is 1. The lowest BCUT2D eigenvalue weighted by molar-refractivity contribution is 0.0924. The zero-order valence-electron chi connectivity index (χ0n) is 16.9. The molecule has 154 valence electrons. The van der Waals surface area contributed by atoms with Crippen LogP contribution in [0.1, 0.15) is 39.7 Å². The van der Waals surface area contributed by atoms with Crippen molar-refractivity contribution in [3.05, 3.63) is 82.0 Å². The fourth-order valence-corrected chi connectivity index (χ4v) is 4.12. The molecule has 2 aromatic heterocycles. The van der Waals surface area contributed by atoms with Gasteiger partial charge >= 0.3 is 0 Å². The fraction of sp³-hybridized carbons (Fsp3) is 0.250. The van der Waals surface area contributed by atoms with E-state index in [0.717, 1.165) is 46.7 Å². The fourth-order valence-electron chi connectivity index (χ4n) is 3.30. The summed E-state index contributed by atoms with van der Waals surface area (Å²) >= 11 is 1.69. The molecule has 0 spiro atoms. The number of benzene rings is 2. The van der Waals surface area contributed by atoms with Gasteiger partial charge in [0.2, 0.25) is 0 Å². The number of para-hydroxylation sites is 2. The van der Waals surface area contributed by atoms with Crippen LogP contribution < -0.4 is 10.1 Å². The normalized spacial score (nSPS) is 11.0. The van der Waals surface area contributed by atoms with Crippen molar-refractivity contribution in [3.8, 4) is 5.75 Å². The first kappa shape index (κ1) is 20.2. The molecule has 0 aliphatic rings. The van der Waals surface area contributed by atoms with Crippen LogP contribution >= 0.6 is 11.3 Å². The lowest BCUT2D eigenvalue weighted by atomic mass is 10.1. The summed E-state index contributed by atoms with van der Waals surface area (Å²) in [6.45, 7) is 2.87. The number of nitrogens with one attached hydrogen (secondary N) is 1. The minimum atomic E-state index is -0.206. The number of furan rings is 1. The van der Waals surface area contributed by atoms with E-state index in [-0.39, 0.29) is 12.5 Å². The third-order valence-electron chi connectivity index (χ3n) is 4.80. The first-order valence-electron chi connectivity index (χ1n) is 10.1. The quantitative estimate of drug-likeness (QED) is 0.362. The highest BCUT2D eigenvalue weighted by Gasteiger charge is 2.20. The molecule has 4 aromatic rings. The summed E-state index contributed by atoms with van der Waals surface area (Å²) in [6, 6.07) is 17.2. The Balaban J connectivity index is 1.38. The first-order valence-corrected chi connectivity index (χ1v) is 11.0. The van der Waals surface area contributed by atoms with Gasteiger partial charge in [0.1, 0.15) is 17.9 Å². The number of rotatable bonds is 9. The van der Waals surface area contributed by atoms with E-state index in [1.165, 1.54) is 0 Å². The van der Waals surface area contributed by atoms with Crippen molar-refractivity contribution in [2.45, 2.75) is 32.8 Å². The van der Waals surface area contributed by atoms with Gasteiger partial charge in [-0.05, 0) is 44.4 Å². The maximum Gasteiger partial charge on any atom is 0.287 e. The van der Waals surface area contributed by atoms with Gasteiger partial charge in [-0.1, -0.05) is 36.4 Å². The monoisotopic (exact) mass is 420 g/mol. The second-order valence-electron chi connectivity index (χ2n) is 7.10. The van der Waals surface area contributed by atoms with Gasteiger partial charge < -0.3 is 14.5 Å². The molecule has 0 aliphatic heterocycles. The summed E-state index contributed by atoms with van der Waals surface area (Å²) in [5.41, 5.74) is 2.53. The Bertz CT molecular complexity index is 1120. The number of nitrogens with zero attached hydrogens (tertiary/aromatic N) is 1. The number of aromatic nitrogens is 1. The Morgan fingerprint density at radius 3 is 2.70 bits per heavy atom. The molecule has 0 fully saturated rings. The molecule has 0 bridgehead atoms. The molecule has 0 unspecified atom stereocenters. The molecular weight excluding hydrogens is 396 g/mol. The smallest absolute Gasteiger partial charge is 0.287 e. The topological polar surface area (TPSA) is 64.4 Å². The molecule has 1 amide bonds. The van der Waals surface area contributed by atoms with Crippen molar-refractivity contribution in [1.29, 1.82) is 0 Å². The van der Waals surface area contributed by atoms with Gasteiger partial charge in [-0.15, -0.1) is 11.3 Å². The zero-order chi connectivity index (χ0) is 20.8. The summed E-state index contributed by atoms with van der Waals surface area (Å²) < 4.78 is 11.8. The lowest BCUT2D eigenvalue weighted by Gasteiger charge is -2.07. The molecule has 30 heavy (non-hydrogen) atoms. The number of hydrogen-bond acceptors (Lipinski definition) is 5. The van der Waals surface area contributed by atoms with E-state index in [0.29, 0.717) is 17.9 Å². The SMILES string of the molecule is Cc1csc(CCCCNC(=O)c2oc3ccccc3c2COc2ccccc2)n1. The summed E-state index contributed by atoms with van der Waals surface area (Å²) in [6.07, 6.45) is 2.81. The third kappa shape index (κ3) is 4.89. The number of ether oxygens (including phenoxy) is 1. The second kappa shape index (κ2) is 9.59. The van der Waals surface area contributed by atoms with Crippen LogP contribution in [-0.2, 0) is 13.0 Å². The van der Waals surface area contributed by atoms with Crippen molar-refractivity contribution in [2.75, 3.05) is 6.54 Å². The molecule has 5 nitrogen and oxygen atoms in total. The van der Waals surface area contributed by atoms with Crippen LogP contribution in [0.25, 0.3) is 11.0 Å². The lowest BCUT2D eigenvalue weighted by Crippen LogP contribution is -2.25. The number of amides is 1. The summed E-state index contributed by atoms with van der Waals surface area (Å²) in [4.78, 5) is 17.3. The van der Waals surface area contributed by atoms with Crippen LogP contribution in [0.5, 0.6) is 5.75 Å². The van der Waals surface area contributed by atoms with Crippen molar-refractivity contribution in [3.63, 3.8) is 0 Å². The number of aryl methyl sites for hydroxylation is 2. The maximum absolute atomic E-state index is 12.8. The zero-order valence-corrected chi connectivity index (χ0v) is 17.7. The Kier molecular flexibility index (Phi) is 6.44. The van der Waals surface area contributed by atoms with E-state index in [4.69, 9.17) is 9.15 Å². The number of thiazole rings is 1. The first-order chi connectivity index (χ1) is 14.7. The predicted octanol–water partition coefficient (Wildman–Crippen LogP) is 5.53. The Labute approximate surface area is 179 Å². The number of hydrogen-bond donors (Lipinski definition) is 1. The van der Waals surface area contributed by atoms with Crippen molar-refractivity contribution >= 4 is 28.2 Å². The molecule has 4 rings (SSSR count). The molecule has 0 atom stereocenters. The predicted molar refractivity (Wildman–Crippen MR) is 119 cm³/mol. The highest BCUT2D eigenvalue weighted by Crippen LogP contribution is 2.27. The molecule has 1 N–H and O–H groups in total. The standard InChI is InChI=1S/C24H24N2O3S/c1-17-16-30-22(26-17)13-7-8-14-25-24(27)23-20(15-28-18-9-3-2-4-10-18)19-11-5-6-12-21(19)29-23/h2-6,9-12,16H,7-8,13-15H2,1H3,(H,25,27). The Morgan fingerprint density at radius 2 is 1.90 bits per heavy atom. The van der Waals surface area contributed by atoms with Crippen molar-refractivity contribution in [1.82, 2.24) is 10.3 Å². The van der Waals surface area contributed by atoms with E-state index in [1.807, 2.05) is 61.5 Å². The largest absolute Gasteiger partial charge is 0.489 e. The number of unbranched alkanes of at least 4 members (excludes halogenated alkanes) is 1. The molecule has 0 radical (unpaired) electrons. The molecule has 0 saturated carbocycles. The van der Waals surface area contributed by atoms with Gasteiger partial charge in [-0.25, -0.2) is 4.98 Å². The van der Waals surface area contributed by atoms with E-state index < -0.39 is 0 Å². The summed E-state index contributed by atoms with van der Waals surface area (Å²) in [5.74, 6) is 0.872. The molecular formula is C24H24N2O3S. The van der Waals surface area contributed by atoms with Crippen molar-refractivity contribution in [2.24, 2.45) is 0 Å². The van der Waals surface area contributed by atoms with Gasteiger partial charge in [0.25, 0.3) is 5.91 Å². The van der Waals surface area contributed by atoms with Gasteiger partial charge in [0.05, 0.1) is 5.01 Å². The average Bonchev–Trinajstić information content (AvgIpc) is 3.36. The summed E-state index contributed by atoms with van der Waals surface area (Å²) in [5, 5.41) is 7.10. The van der Waals surface area contributed by atoms with Gasteiger partial charge in [0.15, 0.2) is 5.76 Å². The van der Waals surface area contributed by atoms with Crippen LogP contribution in [0, 0.1) is 6.92 Å². The van der Waals surface area contributed by atoms with Crippen LogP contribution in [0.3, 0.4) is 0 Å². The van der Waals surface area contributed by atoms with Crippen LogP contribution in [-0.4, -0.2) is 17.4 Å². The van der Waals surface area contributed by atoms with E-state index in [2.05, 4.69) is 15.7 Å².